The molecule has 0 aliphatic rings. The van der Waals surface area contributed by atoms with Crippen LogP contribution in [-0.2, 0) is 16.0 Å². The van der Waals surface area contributed by atoms with E-state index in [0.717, 1.165) is 12.8 Å². The number of aliphatic hydroxyl groups is 1. The number of aryl methyl sites for hydroxylation is 1. The van der Waals surface area contributed by atoms with E-state index in [2.05, 4.69) is 17.6 Å². The van der Waals surface area contributed by atoms with Crippen molar-refractivity contribution in [3.63, 3.8) is 0 Å². The molecule has 0 bridgehead atoms. The van der Waals surface area contributed by atoms with Gasteiger partial charge in [-0.3, -0.25) is 9.59 Å². The number of hydrogen-bond acceptors (Lipinski definition) is 3. The predicted octanol–water partition coefficient (Wildman–Crippen LogP) is 1.85. The Hall–Kier alpha value is -1.88. The second-order valence-electron chi connectivity index (χ2n) is 5.17. The average molecular weight is 292 g/mol. The van der Waals surface area contributed by atoms with E-state index in [1.165, 1.54) is 25.3 Å². The van der Waals surface area contributed by atoms with E-state index in [-0.39, 0.29) is 6.54 Å². The lowest BCUT2D eigenvalue weighted by Crippen LogP contribution is -2.38. The Morgan fingerprint density at radius 3 is 2.38 bits per heavy atom. The van der Waals surface area contributed by atoms with Crippen LogP contribution in [0.25, 0.3) is 0 Å². The molecule has 1 unspecified atom stereocenters. The second kappa shape index (κ2) is 9.13. The number of aliphatic hydroxyl groups excluding tert-OH is 1. The van der Waals surface area contributed by atoms with Gasteiger partial charge in [-0.15, -0.1) is 0 Å². The van der Waals surface area contributed by atoms with Crippen LogP contribution in [0, 0.1) is 0 Å². The standard InChI is InChI=1S/C16H24N2O3/c1-3-4-5-6-13-7-9-14(10-8-13)18-16(21)15(20)17-11-12(2)19/h7-10,12,19H,3-6,11H2,1-2H3,(H,17,20)(H,18,21). The van der Waals surface area contributed by atoms with Gasteiger partial charge in [-0.2, -0.15) is 0 Å². The van der Waals surface area contributed by atoms with Crippen LogP contribution in [0.3, 0.4) is 0 Å². The average Bonchev–Trinajstić information content (AvgIpc) is 2.46. The lowest BCUT2D eigenvalue weighted by atomic mass is 10.1. The van der Waals surface area contributed by atoms with E-state index >= 15 is 0 Å². The molecule has 116 valence electrons. The fraction of sp³-hybridized carbons (Fsp3) is 0.500. The van der Waals surface area contributed by atoms with Gasteiger partial charge in [0.05, 0.1) is 6.10 Å². The van der Waals surface area contributed by atoms with E-state index < -0.39 is 17.9 Å². The third kappa shape index (κ3) is 6.90. The highest BCUT2D eigenvalue weighted by Gasteiger charge is 2.13. The number of nitrogens with one attached hydrogen (secondary N) is 2. The zero-order chi connectivity index (χ0) is 15.7. The molecule has 0 aromatic heterocycles. The van der Waals surface area contributed by atoms with Gasteiger partial charge in [-0.25, -0.2) is 0 Å². The Labute approximate surface area is 125 Å². The highest BCUT2D eigenvalue weighted by molar-refractivity contribution is 6.39. The molecule has 0 aliphatic heterocycles. The number of rotatable bonds is 7. The summed E-state index contributed by atoms with van der Waals surface area (Å²) in [5, 5.41) is 13.9. The quantitative estimate of drug-likeness (QED) is 0.530. The molecule has 0 aliphatic carbocycles. The van der Waals surface area contributed by atoms with Crippen molar-refractivity contribution < 1.29 is 14.7 Å². The van der Waals surface area contributed by atoms with Crippen molar-refractivity contribution in [2.45, 2.75) is 45.6 Å². The summed E-state index contributed by atoms with van der Waals surface area (Å²) in [5.74, 6) is -1.47. The summed E-state index contributed by atoms with van der Waals surface area (Å²) in [6.07, 6.45) is 3.91. The van der Waals surface area contributed by atoms with Gasteiger partial charge >= 0.3 is 11.8 Å². The third-order valence-electron chi connectivity index (χ3n) is 3.05. The molecule has 0 heterocycles. The molecule has 1 rings (SSSR count). The molecule has 3 N–H and O–H groups in total. The van der Waals surface area contributed by atoms with Gasteiger partial charge in [0.25, 0.3) is 0 Å². The zero-order valence-corrected chi connectivity index (χ0v) is 12.7. The zero-order valence-electron chi connectivity index (χ0n) is 12.7. The van der Waals surface area contributed by atoms with Crippen molar-refractivity contribution in [2.24, 2.45) is 0 Å². The molecule has 1 atom stereocenters. The number of carbonyl (C=O) groups excluding carboxylic acids is 2. The van der Waals surface area contributed by atoms with E-state index in [9.17, 15) is 9.59 Å². The molecule has 0 spiro atoms. The van der Waals surface area contributed by atoms with Crippen LogP contribution in [0.5, 0.6) is 0 Å². The lowest BCUT2D eigenvalue weighted by Gasteiger charge is -2.08. The minimum atomic E-state index is -0.747. The fourth-order valence-electron chi connectivity index (χ4n) is 1.84. The monoisotopic (exact) mass is 292 g/mol. The summed E-state index contributed by atoms with van der Waals surface area (Å²) in [6.45, 7) is 3.76. The minimum absolute atomic E-state index is 0.0582. The van der Waals surface area contributed by atoms with Crippen LogP contribution in [0.15, 0.2) is 24.3 Å². The number of benzene rings is 1. The SMILES string of the molecule is CCCCCc1ccc(NC(=O)C(=O)NCC(C)O)cc1. The van der Waals surface area contributed by atoms with E-state index in [0.29, 0.717) is 5.69 Å². The summed E-state index contributed by atoms with van der Waals surface area (Å²) < 4.78 is 0. The first kappa shape index (κ1) is 17.2. The first-order chi connectivity index (χ1) is 10.0. The van der Waals surface area contributed by atoms with E-state index in [1.54, 1.807) is 12.1 Å². The Kier molecular flexibility index (Phi) is 7.46. The Morgan fingerprint density at radius 1 is 1.14 bits per heavy atom. The molecule has 0 saturated heterocycles. The highest BCUT2D eigenvalue weighted by Crippen LogP contribution is 2.12. The maximum absolute atomic E-state index is 11.6. The molecule has 1 aromatic carbocycles. The molecule has 1 aromatic rings. The molecule has 0 radical (unpaired) electrons. The van der Waals surface area contributed by atoms with Crippen molar-refractivity contribution in [1.29, 1.82) is 0 Å². The predicted molar refractivity (Wildman–Crippen MR) is 83.0 cm³/mol. The summed E-state index contributed by atoms with van der Waals surface area (Å²) in [6, 6.07) is 7.50. The van der Waals surface area contributed by atoms with Gasteiger partial charge < -0.3 is 15.7 Å². The number of hydrogen-bond donors (Lipinski definition) is 3. The van der Waals surface area contributed by atoms with Crippen LogP contribution in [0.4, 0.5) is 5.69 Å². The van der Waals surface area contributed by atoms with Crippen molar-refractivity contribution in [3.05, 3.63) is 29.8 Å². The van der Waals surface area contributed by atoms with E-state index in [1.807, 2.05) is 12.1 Å². The van der Waals surface area contributed by atoms with Gasteiger partial charge in [-0.05, 0) is 37.5 Å². The van der Waals surface area contributed by atoms with Gasteiger partial charge in [0.15, 0.2) is 0 Å². The normalized spacial score (nSPS) is 11.8. The molecule has 5 nitrogen and oxygen atoms in total. The second-order valence-corrected chi connectivity index (χ2v) is 5.17. The number of unbranched alkanes of at least 4 members (excludes halogenated alkanes) is 2. The van der Waals surface area contributed by atoms with Crippen molar-refractivity contribution >= 4 is 17.5 Å². The van der Waals surface area contributed by atoms with Gasteiger partial charge in [0, 0.05) is 12.2 Å². The topological polar surface area (TPSA) is 78.4 Å². The number of anilines is 1. The van der Waals surface area contributed by atoms with E-state index in [4.69, 9.17) is 5.11 Å². The molecule has 0 saturated carbocycles. The van der Waals surface area contributed by atoms with Gasteiger partial charge in [0.1, 0.15) is 0 Å². The maximum Gasteiger partial charge on any atom is 0.313 e. The van der Waals surface area contributed by atoms with Gasteiger partial charge in [0.2, 0.25) is 0 Å². The summed E-state index contributed by atoms with van der Waals surface area (Å²) in [7, 11) is 0. The molecular weight excluding hydrogens is 268 g/mol. The molecule has 21 heavy (non-hydrogen) atoms. The largest absolute Gasteiger partial charge is 0.392 e. The molecule has 2 amide bonds. The third-order valence-corrected chi connectivity index (χ3v) is 3.05. The smallest absolute Gasteiger partial charge is 0.313 e. The van der Waals surface area contributed by atoms with Crippen LogP contribution >= 0.6 is 0 Å². The molecule has 5 heteroatoms. The first-order valence-corrected chi connectivity index (χ1v) is 7.39. The first-order valence-electron chi connectivity index (χ1n) is 7.39. The van der Waals surface area contributed by atoms with Crippen LogP contribution in [-0.4, -0.2) is 29.6 Å². The molecular formula is C16H24N2O3. The van der Waals surface area contributed by atoms with Gasteiger partial charge in [-0.1, -0.05) is 31.9 Å². The maximum atomic E-state index is 11.6. The van der Waals surface area contributed by atoms with Crippen molar-refractivity contribution in [2.75, 3.05) is 11.9 Å². The highest BCUT2D eigenvalue weighted by atomic mass is 16.3. The van der Waals surface area contributed by atoms with Crippen LogP contribution in [0.1, 0.15) is 38.7 Å². The fourth-order valence-corrected chi connectivity index (χ4v) is 1.84. The van der Waals surface area contributed by atoms with Crippen molar-refractivity contribution in [1.82, 2.24) is 5.32 Å². The van der Waals surface area contributed by atoms with Crippen LogP contribution in [0.2, 0.25) is 0 Å². The Balaban J connectivity index is 2.43. The molecule has 0 fully saturated rings. The Bertz CT molecular complexity index is 455. The summed E-state index contributed by atoms with van der Waals surface area (Å²) >= 11 is 0. The van der Waals surface area contributed by atoms with Crippen molar-refractivity contribution in [3.8, 4) is 0 Å². The number of amides is 2. The Morgan fingerprint density at radius 2 is 1.81 bits per heavy atom. The minimum Gasteiger partial charge on any atom is -0.392 e. The lowest BCUT2D eigenvalue weighted by molar-refractivity contribution is -0.136. The van der Waals surface area contributed by atoms with Crippen LogP contribution < -0.4 is 10.6 Å². The number of carbonyl (C=O) groups is 2. The summed E-state index contributed by atoms with van der Waals surface area (Å²) in [4.78, 5) is 23.1. The summed E-state index contributed by atoms with van der Waals surface area (Å²) in [5.41, 5.74) is 1.81.